The average Bonchev–Trinajstić information content (AvgIpc) is 2.52. The Bertz CT molecular complexity index is 477. The molecule has 0 saturated carbocycles. The predicted molar refractivity (Wildman–Crippen MR) is 92.8 cm³/mol. The van der Waals surface area contributed by atoms with Crippen LogP contribution in [0.4, 0.5) is 5.69 Å². The maximum absolute atomic E-state index is 2.51. The van der Waals surface area contributed by atoms with Crippen molar-refractivity contribution >= 4 is 5.69 Å². The van der Waals surface area contributed by atoms with E-state index in [2.05, 4.69) is 73.1 Å². The van der Waals surface area contributed by atoms with Crippen molar-refractivity contribution in [3.63, 3.8) is 0 Å². The molecule has 0 aromatic heterocycles. The summed E-state index contributed by atoms with van der Waals surface area (Å²) in [5.41, 5.74) is 4.07. The van der Waals surface area contributed by atoms with E-state index in [0.717, 1.165) is 39.0 Å². The van der Waals surface area contributed by atoms with E-state index in [1.165, 1.54) is 16.9 Å². The fraction of sp³-hybridized carbons (Fsp3) is 0.474. The highest BCUT2D eigenvalue weighted by molar-refractivity contribution is 5.48. The van der Waals surface area contributed by atoms with Crippen LogP contribution in [-0.2, 0) is 0 Å². The molecule has 114 valence electrons. The van der Waals surface area contributed by atoms with Gasteiger partial charge in [0.05, 0.1) is 0 Å². The first kappa shape index (κ1) is 15.7. The van der Waals surface area contributed by atoms with E-state index in [1.807, 2.05) is 0 Å². The topological polar surface area (TPSA) is 6.48 Å². The maximum Gasteiger partial charge on any atom is 0.0367 e. The molecule has 0 radical (unpaired) electrons. The van der Waals surface area contributed by atoms with Gasteiger partial charge in [-0.1, -0.05) is 43.7 Å². The Balaban J connectivity index is 1.97. The van der Waals surface area contributed by atoms with Gasteiger partial charge < -0.3 is 9.80 Å². The van der Waals surface area contributed by atoms with E-state index in [0.29, 0.717) is 0 Å². The molecule has 0 amide bonds. The first-order chi connectivity index (χ1) is 10.2. The van der Waals surface area contributed by atoms with Gasteiger partial charge in [-0.3, -0.25) is 0 Å². The summed E-state index contributed by atoms with van der Waals surface area (Å²) in [5, 5.41) is 0. The molecule has 1 heterocycles. The standard InChI is InChI=1S/C19H28N2/c1-4-6-8-18(7-5-2)20-13-15-21(16-14-20)19-11-9-17(3)10-12-19/h6-12H,4-5,13-16H2,1-3H3/b8-6-,18-7+. The molecule has 0 atom stereocenters. The van der Waals surface area contributed by atoms with Gasteiger partial charge in [0.1, 0.15) is 0 Å². The number of hydrogen-bond donors (Lipinski definition) is 0. The fourth-order valence-electron chi connectivity index (χ4n) is 2.73. The van der Waals surface area contributed by atoms with Gasteiger partial charge in [-0.05, 0) is 38.0 Å². The largest absolute Gasteiger partial charge is 0.368 e. The van der Waals surface area contributed by atoms with Gasteiger partial charge in [0.25, 0.3) is 0 Å². The summed E-state index contributed by atoms with van der Waals surface area (Å²) >= 11 is 0. The second-order valence-electron chi connectivity index (χ2n) is 5.66. The number of aryl methyl sites for hydroxylation is 1. The van der Waals surface area contributed by atoms with Crippen molar-refractivity contribution in [2.24, 2.45) is 0 Å². The van der Waals surface area contributed by atoms with Crippen LogP contribution in [0.25, 0.3) is 0 Å². The number of piperazine rings is 1. The lowest BCUT2D eigenvalue weighted by Gasteiger charge is -2.38. The number of nitrogens with zero attached hydrogens (tertiary/aromatic N) is 2. The SMILES string of the molecule is CC/C=C\C(=C/CC)N1CCN(c2ccc(C)cc2)CC1. The van der Waals surface area contributed by atoms with Gasteiger partial charge in [-0.25, -0.2) is 0 Å². The van der Waals surface area contributed by atoms with Gasteiger partial charge in [-0.15, -0.1) is 0 Å². The average molecular weight is 284 g/mol. The van der Waals surface area contributed by atoms with Crippen LogP contribution in [0.15, 0.2) is 48.2 Å². The second kappa shape index (κ2) is 7.92. The van der Waals surface area contributed by atoms with Crippen LogP contribution in [0, 0.1) is 6.92 Å². The van der Waals surface area contributed by atoms with Crippen LogP contribution < -0.4 is 4.90 Å². The highest BCUT2D eigenvalue weighted by atomic mass is 15.3. The quantitative estimate of drug-likeness (QED) is 0.740. The molecule has 2 nitrogen and oxygen atoms in total. The van der Waals surface area contributed by atoms with Crippen molar-refractivity contribution in [2.45, 2.75) is 33.6 Å². The minimum Gasteiger partial charge on any atom is -0.368 e. The predicted octanol–water partition coefficient (Wildman–Crippen LogP) is 4.38. The number of hydrogen-bond acceptors (Lipinski definition) is 2. The van der Waals surface area contributed by atoms with Crippen molar-refractivity contribution in [3.05, 3.63) is 53.8 Å². The molecule has 0 aliphatic carbocycles. The Morgan fingerprint density at radius 2 is 1.67 bits per heavy atom. The highest BCUT2D eigenvalue weighted by Gasteiger charge is 2.17. The summed E-state index contributed by atoms with van der Waals surface area (Å²) in [4.78, 5) is 5.00. The lowest BCUT2D eigenvalue weighted by Crippen LogP contribution is -2.45. The zero-order chi connectivity index (χ0) is 15.1. The monoisotopic (exact) mass is 284 g/mol. The van der Waals surface area contributed by atoms with Crippen LogP contribution in [0.2, 0.25) is 0 Å². The molecule has 1 aliphatic heterocycles. The molecule has 0 N–H and O–H groups in total. The van der Waals surface area contributed by atoms with E-state index in [4.69, 9.17) is 0 Å². The molecule has 21 heavy (non-hydrogen) atoms. The molecule has 1 aromatic carbocycles. The highest BCUT2D eigenvalue weighted by Crippen LogP contribution is 2.19. The van der Waals surface area contributed by atoms with Gasteiger partial charge in [0.2, 0.25) is 0 Å². The Kier molecular flexibility index (Phi) is 5.91. The van der Waals surface area contributed by atoms with Crippen LogP contribution >= 0.6 is 0 Å². The Morgan fingerprint density at radius 3 is 2.24 bits per heavy atom. The Morgan fingerprint density at radius 1 is 1.00 bits per heavy atom. The first-order valence-corrected chi connectivity index (χ1v) is 8.17. The Hall–Kier alpha value is -1.70. The van der Waals surface area contributed by atoms with Gasteiger partial charge in [0.15, 0.2) is 0 Å². The third-order valence-corrected chi connectivity index (χ3v) is 3.98. The van der Waals surface area contributed by atoms with E-state index in [-0.39, 0.29) is 0 Å². The van der Waals surface area contributed by atoms with Crippen molar-refractivity contribution < 1.29 is 0 Å². The van der Waals surface area contributed by atoms with E-state index in [1.54, 1.807) is 0 Å². The Labute approximate surface area is 129 Å². The van der Waals surface area contributed by atoms with Crippen LogP contribution in [-0.4, -0.2) is 31.1 Å². The molecule has 1 aromatic rings. The van der Waals surface area contributed by atoms with E-state index < -0.39 is 0 Å². The third kappa shape index (κ3) is 4.38. The molecule has 0 spiro atoms. The maximum atomic E-state index is 2.51. The summed E-state index contributed by atoms with van der Waals surface area (Å²) in [7, 11) is 0. The minimum atomic E-state index is 1.10. The smallest absolute Gasteiger partial charge is 0.0367 e. The summed E-state index contributed by atoms with van der Waals surface area (Å²) < 4.78 is 0. The molecule has 1 fully saturated rings. The third-order valence-electron chi connectivity index (χ3n) is 3.98. The van der Waals surface area contributed by atoms with Crippen molar-refractivity contribution in [1.82, 2.24) is 4.90 Å². The molecule has 1 saturated heterocycles. The second-order valence-corrected chi connectivity index (χ2v) is 5.66. The number of rotatable bonds is 5. The van der Waals surface area contributed by atoms with Crippen molar-refractivity contribution in [3.8, 4) is 0 Å². The first-order valence-electron chi connectivity index (χ1n) is 8.17. The van der Waals surface area contributed by atoms with Crippen LogP contribution in [0.1, 0.15) is 32.3 Å². The van der Waals surface area contributed by atoms with E-state index >= 15 is 0 Å². The molecular weight excluding hydrogens is 256 g/mol. The molecular formula is C19H28N2. The number of anilines is 1. The van der Waals surface area contributed by atoms with Gasteiger partial charge in [-0.2, -0.15) is 0 Å². The normalized spacial score (nSPS) is 16.8. The lowest BCUT2D eigenvalue weighted by molar-refractivity contribution is 0.329. The summed E-state index contributed by atoms with van der Waals surface area (Å²) in [5.74, 6) is 0. The number of allylic oxidation sites excluding steroid dienone is 3. The lowest BCUT2D eigenvalue weighted by atomic mass is 10.2. The zero-order valence-corrected chi connectivity index (χ0v) is 13.7. The zero-order valence-electron chi connectivity index (χ0n) is 13.7. The van der Waals surface area contributed by atoms with Crippen LogP contribution in [0.5, 0.6) is 0 Å². The number of benzene rings is 1. The van der Waals surface area contributed by atoms with E-state index in [9.17, 15) is 0 Å². The molecule has 1 aliphatic rings. The van der Waals surface area contributed by atoms with Crippen LogP contribution in [0.3, 0.4) is 0 Å². The minimum absolute atomic E-state index is 1.10. The molecule has 0 bridgehead atoms. The molecule has 2 heteroatoms. The molecule has 2 rings (SSSR count). The summed E-state index contributed by atoms with van der Waals surface area (Å²) in [6, 6.07) is 8.89. The van der Waals surface area contributed by atoms with Crippen molar-refractivity contribution in [2.75, 3.05) is 31.1 Å². The van der Waals surface area contributed by atoms with Crippen molar-refractivity contribution in [1.29, 1.82) is 0 Å². The van der Waals surface area contributed by atoms with Gasteiger partial charge >= 0.3 is 0 Å². The summed E-state index contributed by atoms with van der Waals surface area (Å²) in [6.45, 7) is 11.0. The molecule has 0 unspecified atom stereocenters. The summed E-state index contributed by atoms with van der Waals surface area (Å²) in [6.07, 6.45) is 9.08. The fourth-order valence-corrected chi connectivity index (χ4v) is 2.73. The van der Waals surface area contributed by atoms with Gasteiger partial charge in [0, 0.05) is 37.6 Å².